The Balaban J connectivity index is 1.76. The van der Waals surface area contributed by atoms with Crippen LogP contribution in [0, 0.1) is 5.92 Å². The summed E-state index contributed by atoms with van der Waals surface area (Å²) in [4.78, 5) is 27.2. The highest BCUT2D eigenvalue weighted by atomic mass is 16.5. The van der Waals surface area contributed by atoms with Crippen molar-refractivity contribution in [2.45, 2.75) is 12.3 Å². The van der Waals surface area contributed by atoms with Gasteiger partial charge in [-0.05, 0) is 36.2 Å². The molecule has 2 aromatic rings. The molecule has 3 rings (SSSR count). The topological polar surface area (TPSA) is 81.0 Å². The Kier molecular flexibility index (Phi) is 6.71. The predicted molar refractivity (Wildman–Crippen MR) is 103 cm³/mol. The fourth-order valence-electron chi connectivity index (χ4n) is 3.54. The van der Waals surface area contributed by atoms with Crippen molar-refractivity contribution in [2.75, 3.05) is 40.5 Å². The monoisotopic (exact) mass is 386 g/mol. The largest absolute Gasteiger partial charge is 0.497 e. The van der Waals surface area contributed by atoms with Crippen LogP contribution in [0.15, 0.2) is 47.1 Å². The SMILES string of the molecule is COCCCNC(=O)[C@H]1CN(C(=O)c2ccco2)C[C@H]1c1ccc(OC)cc1. The summed E-state index contributed by atoms with van der Waals surface area (Å²) < 4.78 is 15.5. The molecule has 0 saturated carbocycles. The quantitative estimate of drug-likeness (QED) is 0.704. The van der Waals surface area contributed by atoms with E-state index in [4.69, 9.17) is 13.9 Å². The second-order valence-electron chi connectivity index (χ2n) is 6.81. The molecule has 1 aromatic heterocycles. The molecule has 150 valence electrons. The van der Waals surface area contributed by atoms with Crippen molar-refractivity contribution in [1.82, 2.24) is 10.2 Å². The van der Waals surface area contributed by atoms with E-state index >= 15 is 0 Å². The van der Waals surface area contributed by atoms with Gasteiger partial charge in [0.25, 0.3) is 5.91 Å². The number of hydrogen-bond acceptors (Lipinski definition) is 5. The lowest BCUT2D eigenvalue weighted by molar-refractivity contribution is -0.124. The van der Waals surface area contributed by atoms with Crippen LogP contribution in [0.2, 0.25) is 0 Å². The minimum Gasteiger partial charge on any atom is -0.497 e. The number of carbonyl (C=O) groups is 2. The number of amides is 2. The van der Waals surface area contributed by atoms with Crippen LogP contribution in [-0.4, -0.2) is 57.2 Å². The molecular weight excluding hydrogens is 360 g/mol. The molecule has 2 atom stereocenters. The fourth-order valence-corrected chi connectivity index (χ4v) is 3.54. The van der Waals surface area contributed by atoms with Gasteiger partial charge in [-0.15, -0.1) is 0 Å². The standard InChI is InChI=1S/C21H26N2O5/c1-26-11-4-10-22-20(24)18-14-23(21(25)19-5-3-12-28-19)13-17(18)15-6-8-16(27-2)9-7-15/h3,5-9,12,17-18H,4,10-11,13-14H2,1-2H3,(H,22,24)/t17-,18-/m0/s1. The van der Waals surface area contributed by atoms with Gasteiger partial charge in [0, 0.05) is 39.3 Å². The van der Waals surface area contributed by atoms with E-state index in [1.807, 2.05) is 24.3 Å². The summed E-state index contributed by atoms with van der Waals surface area (Å²) in [7, 11) is 3.25. The van der Waals surface area contributed by atoms with Crippen LogP contribution in [0.25, 0.3) is 0 Å². The first-order chi connectivity index (χ1) is 13.6. The normalized spacial score (nSPS) is 18.9. The molecule has 28 heavy (non-hydrogen) atoms. The average molecular weight is 386 g/mol. The van der Waals surface area contributed by atoms with Gasteiger partial charge in [0.1, 0.15) is 5.75 Å². The number of benzene rings is 1. The van der Waals surface area contributed by atoms with E-state index in [0.29, 0.717) is 26.2 Å². The molecule has 1 aromatic carbocycles. The summed E-state index contributed by atoms with van der Waals surface area (Å²) in [6.07, 6.45) is 2.22. The minimum absolute atomic E-state index is 0.0494. The molecular formula is C21H26N2O5. The van der Waals surface area contributed by atoms with Crippen LogP contribution < -0.4 is 10.1 Å². The smallest absolute Gasteiger partial charge is 0.289 e. The maximum Gasteiger partial charge on any atom is 0.289 e. The maximum absolute atomic E-state index is 12.8. The molecule has 0 aliphatic carbocycles. The van der Waals surface area contributed by atoms with E-state index in [1.165, 1.54) is 6.26 Å². The van der Waals surface area contributed by atoms with Gasteiger partial charge < -0.3 is 24.1 Å². The molecule has 1 N–H and O–H groups in total. The average Bonchev–Trinajstić information content (AvgIpc) is 3.41. The fraction of sp³-hybridized carbons (Fsp3) is 0.429. The number of nitrogens with one attached hydrogen (secondary N) is 1. The summed E-state index contributed by atoms with van der Waals surface area (Å²) in [6, 6.07) is 11.0. The van der Waals surface area contributed by atoms with Crippen LogP contribution in [0.5, 0.6) is 5.75 Å². The number of rotatable bonds is 8. The van der Waals surface area contributed by atoms with Gasteiger partial charge in [-0.1, -0.05) is 12.1 Å². The molecule has 1 aliphatic rings. The Bertz CT molecular complexity index is 773. The van der Waals surface area contributed by atoms with Gasteiger partial charge in [0.2, 0.25) is 5.91 Å². The number of ether oxygens (including phenoxy) is 2. The van der Waals surface area contributed by atoms with Gasteiger partial charge in [0.05, 0.1) is 19.3 Å². The predicted octanol–water partition coefficient (Wildman–Crippen LogP) is 2.30. The summed E-state index contributed by atoms with van der Waals surface area (Å²) in [6.45, 7) is 1.95. The second-order valence-corrected chi connectivity index (χ2v) is 6.81. The number of nitrogens with zero attached hydrogens (tertiary/aromatic N) is 1. The van der Waals surface area contributed by atoms with E-state index in [2.05, 4.69) is 5.32 Å². The molecule has 0 bridgehead atoms. The molecule has 0 unspecified atom stereocenters. The Morgan fingerprint density at radius 3 is 2.61 bits per heavy atom. The number of furan rings is 1. The zero-order valence-corrected chi connectivity index (χ0v) is 16.2. The van der Waals surface area contributed by atoms with Gasteiger partial charge in [-0.2, -0.15) is 0 Å². The highest BCUT2D eigenvalue weighted by Crippen LogP contribution is 2.34. The van der Waals surface area contributed by atoms with Gasteiger partial charge in [0.15, 0.2) is 5.76 Å². The number of methoxy groups -OCH3 is 2. The van der Waals surface area contributed by atoms with E-state index in [1.54, 1.807) is 31.3 Å². The Hall–Kier alpha value is -2.80. The summed E-state index contributed by atoms with van der Waals surface area (Å²) in [5.74, 6) is 0.382. The number of likely N-dealkylation sites (tertiary alicyclic amines) is 1. The maximum atomic E-state index is 12.8. The molecule has 2 amide bonds. The van der Waals surface area contributed by atoms with Crippen LogP contribution in [0.1, 0.15) is 28.5 Å². The third kappa shape index (κ3) is 4.54. The number of carbonyl (C=O) groups excluding carboxylic acids is 2. The first-order valence-electron chi connectivity index (χ1n) is 9.37. The molecule has 1 aliphatic heterocycles. The van der Waals surface area contributed by atoms with Crippen molar-refractivity contribution in [3.8, 4) is 5.75 Å². The van der Waals surface area contributed by atoms with E-state index in [9.17, 15) is 9.59 Å². The van der Waals surface area contributed by atoms with Gasteiger partial charge in [-0.3, -0.25) is 9.59 Å². The van der Waals surface area contributed by atoms with Crippen molar-refractivity contribution in [2.24, 2.45) is 5.92 Å². The van der Waals surface area contributed by atoms with Crippen LogP contribution in [-0.2, 0) is 9.53 Å². The Morgan fingerprint density at radius 1 is 1.18 bits per heavy atom. The molecule has 0 radical (unpaired) electrons. The van der Waals surface area contributed by atoms with Crippen molar-refractivity contribution < 1.29 is 23.5 Å². The molecule has 2 heterocycles. The first-order valence-corrected chi connectivity index (χ1v) is 9.37. The number of hydrogen-bond donors (Lipinski definition) is 1. The third-order valence-electron chi connectivity index (χ3n) is 5.04. The molecule has 0 spiro atoms. The second kappa shape index (κ2) is 9.41. The van der Waals surface area contributed by atoms with Crippen LogP contribution >= 0.6 is 0 Å². The molecule has 1 saturated heterocycles. The first kappa shape index (κ1) is 19.9. The van der Waals surface area contributed by atoms with E-state index < -0.39 is 0 Å². The lowest BCUT2D eigenvalue weighted by atomic mass is 9.88. The lowest BCUT2D eigenvalue weighted by Crippen LogP contribution is -2.36. The zero-order chi connectivity index (χ0) is 19.9. The van der Waals surface area contributed by atoms with Crippen molar-refractivity contribution in [1.29, 1.82) is 0 Å². The molecule has 7 nitrogen and oxygen atoms in total. The lowest BCUT2D eigenvalue weighted by Gasteiger charge is -2.18. The molecule has 1 fully saturated rings. The summed E-state index contributed by atoms with van der Waals surface area (Å²) in [5, 5.41) is 2.97. The van der Waals surface area contributed by atoms with Crippen molar-refractivity contribution in [3.05, 3.63) is 54.0 Å². The Labute approximate surface area is 164 Å². The zero-order valence-electron chi connectivity index (χ0n) is 16.2. The minimum atomic E-state index is -0.324. The van der Waals surface area contributed by atoms with E-state index in [-0.39, 0.29) is 29.4 Å². The summed E-state index contributed by atoms with van der Waals surface area (Å²) >= 11 is 0. The highest BCUT2D eigenvalue weighted by Gasteiger charge is 2.41. The van der Waals surface area contributed by atoms with Gasteiger partial charge >= 0.3 is 0 Å². The van der Waals surface area contributed by atoms with Gasteiger partial charge in [-0.25, -0.2) is 0 Å². The van der Waals surface area contributed by atoms with Crippen LogP contribution in [0.3, 0.4) is 0 Å². The third-order valence-corrected chi connectivity index (χ3v) is 5.04. The summed E-state index contributed by atoms with van der Waals surface area (Å²) in [5.41, 5.74) is 1.01. The molecule has 7 heteroatoms. The highest BCUT2D eigenvalue weighted by molar-refractivity contribution is 5.92. The van der Waals surface area contributed by atoms with Crippen molar-refractivity contribution >= 4 is 11.8 Å². The Morgan fingerprint density at radius 2 is 1.96 bits per heavy atom. The van der Waals surface area contributed by atoms with E-state index in [0.717, 1.165) is 17.7 Å². The van der Waals surface area contributed by atoms with Crippen LogP contribution in [0.4, 0.5) is 0 Å². The van der Waals surface area contributed by atoms with Crippen molar-refractivity contribution in [3.63, 3.8) is 0 Å².